The quantitative estimate of drug-likeness (QED) is 0.652. The lowest BCUT2D eigenvalue weighted by molar-refractivity contribution is -0.274. The number of amides is 2. The monoisotopic (exact) mass is 308 g/mol. The molecule has 0 radical (unpaired) electrons. The van der Waals surface area contributed by atoms with Crippen molar-refractivity contribution in [1.29, 1.82) is 0 Å². The minimum Gasteiger partial charge on any atom is -0.480 e. The second-order valence-corrected chi connectivity index (χ2v) is 3.72. The molecule has 0 fully saturated rings. The first-order valence-corrected chi connectivity index (χ1v) is 5.49. The smallest absolute Gasteiger partial charge is 0.480 e. The summed E-state index contributed by atoms with van der Waals surface area (Å²) < 4.78 is 40.2. The Kier molecular flexibility index (Phi) is 5.36. The largest absolute Gasteiger partial charge is 0.573 e. The van der Waals surface area contributed by atoms with E-state index >= 15 is 0 Å². The molecule has 0 heterocycles. The number of rotatable bonds is 5. The Bertz CT molecular complexity index is 521. The second-order valence-electron chi connectivity index (χ2n) is 3.72. The van der Waals surface area contributed by atoms with Crippen molar-refractivity contribution in [1.82, 2.24) is 5.32 Å². The van der Waals surface area contributed by atoms with Gasteiger partial charge in [-0.3, -0.25) is 0 Å². The highest BCUT2D eigenvalue weighted by molar-refractivity contribution is 5.93. The number of ether oxygens (including phenoxy) is 1. The fourth-order valence-corrected chi connectivity index (χ4v) is 1.29. The molecule has 1 aromatic carbocycles. The predicted molar refractivity (Wildman–Crippen MR) is 63.8 cm³/mol. The SMILES string of the molecule is O=C(Nc1ccccc1OC(F)(F)F)NC(CO)C(=O)O. The summed E-state index contributed by atoms with van der Waals surface area (Å²) in [6.07, 6.45) is -4.94. The third-order valence-corrected chi connectivity index (χ3v) is 2.15. The number of carbonyl (C=O) groups is 2. The molecule has 1 rings (SSSR count). The number of benzene rings is 1. The molecule has 0 aliphatic carbocycles. The molecule has 4 N–H and O–H groups in total. The fraction of sp³-hybridized carbons (Fsp3) is 0.273. The van der Waals surface area contributed by atoms with Crippen LogP contribution in [0.3, 0.4) is 0 Å². The van der Waals surface area contributed by atoms with Gasteiger partial charge in [0.2, 0.25) is 0 Å². The van der Waals surface area contributed by atoms with Crippen LogP contribution in [0.4, 0.5) is 23.7 Å². The van der Waals surface area contributed by atoms with Crippen molar-refractivity contribution in [2.45, 2.75) is 12.4 Å². The molecule has 0 aromatic heterocycles. The van der Waals surface area contributed by atoms with Crippen LogP contribution in [0.15, 0.2) is 24.3 Å². The first-order chi connectivity index (χ1) is 9.73. The lowest BCUT2D eigenvalue weighted by Crippen LogP contribution is -2.45. The number of carboxylic acids is 1. The fourth-order valence-electron chi connectivity index (χ4n) is 1.29. The number of hydrogen-bond donors (Lipinski definition) is 4. The zero-order valence-corrected chi connectivity index (χ0v) is 10.3. The standard InChI is InChI=1S/C11H11F3N2O5/c12-11(13,14)21-8-4-2-1-3-6(8)15-10(20)16-7(5-17)9(18)19/h1-4,7,17H,5H2,(H,18,19)(H2,15,16,20). The Morgan fingerprint density at radius 2 is 1.90 bits per heavy atom. The minimum atomic E-state index is -4.94. The van der Waals surface area contributed by atoms with E-state index in [1.807, 2.05) is 10.6 Å². The summed E-state index contributed by atoms with van der Waals surface area (Å²) in [6, 6.07) is 2.03. The van der Waals surface area contributed by atoms with Gasteiger partial charge in [-0.05, 0) is 12.1 Å². The van der Waals surface area contributed by atoms with E-state index in [1.165, 1.54) is 12.1 Å². The van der Waals surface area contributed by atoms with Crippen LogP contribution >= 0.6 is 0 Å². The van der Waals surface area contributed by atoms with Crippen molar-refractivity contribution >= 4 is 17.7 Å². The zero-order valence-electron chi connectivity index (χ0n) is 10.3. The number of para-hydroxylation sites is 2. The van der Waals surface area contributed by atoms with Crippen LogP contribution in [-0.4, -0.2) is 41.2 Å². The van der Waals surface area contributed by atoms with Crippen LogP contribution in [0.5, 0.6) is 5.75 Å². The van der Waals surface area contributed by atoms with Gasteiger partial charge in [0.05, 0.1) is 12.3 Å². The van der Waals surface area contributed by atoms with E-state index < -0.39 is 36.8 Å². The summed E-state index contributed by atoms with van der Waals surface area (Å²) >= 11 is 0. The number of carbonyl (C=O) groups excluding carboxylic acids is 1. The summed E-state index contributed by atoms with van der Waals surface area (Å²) in [4.78, 5) is 22.1. The Balaban J connectivity index is 2.79. The van der Waals surface area contributed by atoms with E-state index in [0.29, 0.717) is 0 Å². The molecule has 116 valence electrons. The van der Waals surface area contributed by atoms with Gasteiger partial charge in [-0.2, -0.15) is 0 Å². The van der Waals surface area contributed by atoms with Crippen molar-refractivity contribution in [3.05, 3.63) is 24.3 Å². The lowest BCUT2D eigenvalue weighted by atomic mass is 10.3. The Morgan fingerprint density at radius 1 is 1.29 bits per heavy atom. The Morgan fingerprint density at radius 3 is 2.43 bits per heavy atom. The van der Waals surface area contributed by atoms with Gasteiger partial charge >= 0.3 is 18.4 Å². The van der Waals surface area contributed by atoms with Crippen LogP contribution < -0.4 is 15.4 Å². The second kappa shape index (κ2) is 6.79. The number of aliphatic carboxylic acids is 1. The molecule has 10 heteroatoms. The Hall–Kier alpha value is -2.49. The van der Waals surface area contributed by atoms with Gasteiger partial charge in [0.25, 0.3) is 0 Å². The van der Waals surface area contributed by atoms with Gasteiger partial charge in [0, 0.05) is 0 Å². The highest BCUT2D eigenvalue weighted by Crippen LogP contribution is 2.29. The highest BCUT2D eigenvalue weighted by Gasteiger charge is 2.32. The van der Waals surface area contributed by atoms with E-state index in [4.69, 9.17) is 10.2 Å². The van der Waals surface area contributed by atoms with E-state index in [9.17, 15) is 22.8 Å². The van der Waals surface area contributed by atoms with Gasteiger partial charge in [-0.15, -0.1) is 13.2 Å². The third kappa shape index (κ3) is 5.57. The van der Waals surface area contributed by atoms with Crippen LogP contribution in [0.25, 0.3) is 0 Å². The number of alkyl halides is 3. The predicted octanol–water partition coefficient (Wildman–Crippen LogP) is 1.15. The number of urea groups is 1. The molecule has 0 spiro atoms. The first kappa shape index (κ1) is 16.6. The molecular weight excluding hydrogens is 297 g/mol. The molecule has 0 aliphatic rings. The molecule has 0 saturated carbocycles. The van der Waals surface area contributed by atoms with Crippen LogP contribution in [0.1, 0.15) is 0 Å². The van der Waals surface area contributed by atoms with Gasteiger partial charge in [0.1, 0.15) is 0 Å². The number of nitrogens with one attached hydrogen (secondary N) is 2. The van der Waals surface area contributed by atoms with Crippen molar-refractivity contribution in [3.8, 4) is 5.75 Å². The molecule has 0 saturated heterocycles. The molecule has 7 nitrogen and oxygen atoms in total. The van der Waals surface area contributed by atoms with E-state index in [0.717, 1.165) is 12.1 Å². The van der Waals surface area contributed by atoms with Crippen LogP contribution in [0.2, 0.25) is 0 Å². The highest BCUT2D eigenvalue weighted by atomic mass is 19.4. The molecule has 21 heavy (non-hydrogen) atoms. The zero-order chi connectivity index (χ0) is 16.0. The molecular formula is C11H11F3N2O5. The molecule has 1 aromatic rings. The molecule has 0 bridgehead atoms. The maximum atomic E-state index is 12.2. The van der Waals surface area contributed by atoms with Crippen LogP contribution in [0, 0.1) is 0 Å². The summed E-state index contributed by atoms with van der Waals surface area (Å²) in [5.41, 5.74) is -0.311. The minimum absolute atomic E-state index is 0.311. The van der Waals surface area contributed by atoms with E-state index in [2.05, 4.69) is 4.74 Å². The van der Waals surface area contributed by atoms with Gasteiger partial charge < -0.3 is 25.6 Å². The number of carboxylic acid groups (broad SMARTS) is 1. The summed E-state index contributed by atoms with van der Waals surface area (Å²) in [6.45, 7) is -0.872. The maximum Gasteiger partial charge on any atom is 0.573 e. The van der Waals surface area contributed by atoms with E-state index in [-0.39, 0.29) is 5.69 Å². The van der Waals surface area contributed by atoms with E-state index in [1.54, 1.807) is 0 Å². The molecule has 1 unspecified atom stereocenters. The van der Waals surface area contributed by atoms with Crippen molar-refractivity contribution < 1.29 is 37.7 Å². The average molecular weight is 308 g/mol. The first-order valence-electron chi connectivity index (χ1n) is 5.49. The third-order valence-electron chi connectivity index (χ3n) is 2.15. The van der Waals surface area contributed by atoms with Crippen molar-refractivity contribution in [2.24, 2.45) is 0 Å². The van der Waals surface area contributed by atoms with Gasteiger partial charge in [0.15, 0.2) is 11.8 Å². The summed E-state index contributed by atoms with van der Waals surface area (Å²) in [5.74, 6) is -2.15. The number of aliphatic hydroxyl groups excluding tert-OH is 1. The Labute approximate surface area is 116 Å². The average Bonchev–Trinajstić information content (AvgIpc) is 2.36. The summed E-state index contributed by atoms with van der Waals surface area (Å²) in [7, 11) is 0. The molecule has 2 amide bonds. The lowest BCUT2D eigenvalue weighted by Gasteiger charge is -2.16. The van der Waals surface area contributed by atoms with Crippen molar-refractivity contribution in [3.63, 3.8) is 0 Å². The number of anilines is 1. The normalized spacial score (nSPS) is 12.4. The number of hydrogen-bond acceptors (Lipinski definition) is 4. The van der Waals surface area contributed by atoms with Crippen molar-refractivity contribution in [2.75, 3.05) is 11.9 Å². The van der Waals surface area contributed by atoms with Crippen LogP contribution in [-0.2, 0) is 4.79 Å². The molecule has 1 atom stereocenters. The number of aliphatic hydroxyl groups is 1. The summed E-state index contributed by atoms with van der Waals surface area (Å²) in [5, 5.41) is 21.2. The number of halogens is 3. The topological polar surface area (TPSA) is 108 Å². The molecule has 0 aliphatic heterocycles. The van der Waals surface area contributed by atoms with Gasteiger partial charge in [-0.25, -0.2) is 9.59 Å². The van der Waals surface area contributed by atoms with Gasteiger partial charge in [-0.1, -0.05) is 12.1 Å². The maximum absolute atomic E-state index is 12.2.